The minimum absolute atomic E-state index is 0.0186. The molecular weight excluding hydrogens is 162 g/mol. The normalized spacial score (nSPS) is 35.3. The summed E-state index contributed by atoms with van der Waals surface area (Å²) in [5, 5.41) is 9.79. The van der Waals surface area contributed by atoms with Gasteiger partial charge in [0.05, 0.1) is 6.10 Å². The SMILES string of the molecule is CN(CC1CCCCC1O)C1CC1. The van der Waals surface area contributed by atoms with Gasteiger partial charge < -0.3 is 10.0 Å². The van der Waals surface area contributed by atoms with E-state index in [1.807, 2.05) is 0 Å². The highest BCUT2D eigenvalue weighted by Gasteiger charge is 2.30. The Morgan fingerprint density at radius 2 is 1.85 bits per heavy atom. The van der Waals surface area contributed by atoms with Gasteiger partial charge in [0, 0.05) is 12.6 Å². The highest BCUT2D eigenvalue weighted by atomic mass is 16.3. The third kappa shape index (κ3) is 2.44. The Labute approximate surface area is 80.9 Å². The van der Waals surface area contributed by atoms with Crippen LogP contribution in [0.25, 0.3) is 0 Å². The molecule has 0 spiro atoms. The van der Waals surface area contributed by atoms with Crippen LogP contribution in [-0.4, -0.2) is 35.7 Å². The van der Waals surface area contributed by atoms with Crippen LogP contribution >= 0.6 is 0 Å². The number of rotatable bonds is 3. The molecule has 2 fully saturated rings. The molecule has 1 N–H and O–H groups in total. The van der Waals surface area contributed by atoms with Crippen LogP contribution < -0.4 is 0 Å². The fourth-order valence-electron chi connectivity index (χ4n) is 2.44. The van der Waals surface area contributed by atoms with E-state index in [4.69, 9.17) is 0 Å². The molecule has 2 heteroatoms. The van der Waals surface area contributed by atoms with Crippen LogP contribution in [-0.2, 0) is 0 Å². The lowest BCUT2D eigenvalue weighted by molar-refractivity contribution is 0.0501. The van der Waals surface area contributed by atoms with Crippen LogP contribution in [0.1, 0.15) is 38.5 Å². The molecule has 76 valence electrons. The number of nitrogens with zero attached hydrogens (tertiary/aromatic N) is 1. The second-order valence-electron chi connectivity index (χ2n) is 4.78. The van der Waals surface area contributed by atoms with Gasteiger partial charge in [0.15, 0.2) is 0 Å². The predicted molar refractivity (Wildman–Crippen MR) is 53.6 cm³/mol. The van der Waals surface area contributed by atoms with Gasteiger partial charge in [0.25, 0.3) is 0 Å². The van der Waals surface area contributed by atoms with E-state index in [0.29, 0.717) is 5.92 Å². The first-order valence-electron chi connectivity index (χ1n) is 5.65. The first kappa shape index (κ1) is 9.47. The smallest absolute Gasteiger partial charge is 0.0580 e. The van der Waals surface area contributed by atoms with Crippen molar-refractivity contribution >= 4 is 0 Å². The van der Waals surface area contributed by atoms with E-state index in [9.17, 15) is 5.11 Å². The Balaban J connectivity index is 1.77. The van der Waals surface area contributed by atoms with Crippen LogP contribution in [0.5, 0.6) is 0 Å². The van der Waals surface area contributed by atoms with E-state index in [1.165, 1.54) is 32.1 Å². The van der Waals surface area contributed by atoms with Crippen molar-refractivity contribution < 1.29 is 5.11 Å². The summed E-state index contributed by atoms with van der Waals surface area (Å²) in [6, 6.07) is 0.842. The third-order valence-electron chi connectivity index (χ3n) is 3.56. The molecule has 2 nitrogen and oxygen atoms in total. The highest BCUT2D eigenvalue weighted by Crippen LogP contribution is 2.30. The predicted octanol–water partition coefficient (Wildman–Crippen LogP) is 1.63. The van der Waals surface area contributed by atoms with Crippen molar-refractivity contribution in [2.75, 3.05) is 13.6 Å². The van der Waals surface area contributed by atoms with Gasteiger partial charge >= 0.3 is 0 Å². The lowest BCUT2D eigenvalue weighted by atomic mass is 9.86. The quantitative estimate of drug-likeness (QED) is 0.719. The molecule has 0 heterocycles. The van der Waals surface area contributed by atoms with Crippen molar-refractivity contribution in [1.82, 2.24) is 4.90 Å². The minimum atomic E-state index is -0.0186. The fourth-order valence-corrected chi connectivity index (χ4v) is 2.44. The van der Waals surface area contributed by atoms with Gasteiger partial charge in [-0.3, -0.25) is 0 Å². The maximum absolute atomic E-state index is 9.79. The molecule has 0 aromatic heterocycles. The van der Waals surface area contributed by atoms with Crippen molar-refractivity contribution in [3.05, 3.63) is 0 Å². The van der Waals surface area contributed by atoms with E-state index in [0.717, 1.165) is 19.0 Å². The molecule has 2 unspecified atom stereocenters. The summed E-state index contributed by atoms with van der Waals surface area (Å²) in [4.78, 5) is 2.44. The number of hydrogen-bond donors (Lipinski definition) is 1. The molecule has 0 saturated heterocycles. The van der Waals surface area contributed by atoms with E-state index >= 15 is 0 Å². The van der Waals surface area contributed by atoms with Gasteiger partial charge in [-0.05, 0) is 38.6 Å². The van der Waals surface area contributed by atoms with Gasteiger partial charge in [-0.2, -0.15) is 0 Å². The molecule has 13 heavy (non-hydrogen) atoms. The van der Waals surface area contributed by atoms with Crippen molar-refractivity contribution in [2.24, 2.45) is 5.92 Å². The molecule has 2 aliphatic rings. The van der Waals surface area contributed by atoms with Crippen molar-refractivity contribution in [2.45, 2.75) is 50.7 Å². The fraction of sp³-hybridized carbons (Fsp3) is 1.00. The van der Waals surface area contributed by atoms with Crippen molar-refractivity contribution in [1.29, 1.82) is 0 Å². The molecule has 2 saturated carbocycles. The summed E-state index contributed by atoms with van der Waals surface area (Å²) >= 11 is 0. The Kier molecular flexibility index (Phi) is 2.89. The van der Waals surface area contributed by atoms with Crippen molar-refractivity contribution in [3.63, 3.8) is 0 Å². The highest BCUT2D eigenvalue weighted by molar-refractivity contribution is 4.85. The number of aliphatic hydroxyl groups is 1. The maximum atomic E-state index is 9.79. The van der Waals surface area contributed by atoms with E-state index in [1.54, 1.807) is 0 Å². The van der Waals surface area contributed by atoms with Crippen LogP contribution in [0.15, 0.2) is 0 Å². The third-order valence-corrected chi connectivity index (χ3v) is 3.56. The second kappa shape index (κ2) is 3.97. The average Bonchev–Trinajstić information content (AvgIpc) is 2.91. The molecule has 0 aliphatic heterocycles. The van der Waals surface area contributed by atoms with Crippen LogP contribution in [0.3, 0.4) is 0 Å². The molecule has 0 radical (unpaired) electrons. The zero-order valence-electron chi connectivity index (χ0n) is 8.58. The first-order valence-corrected chi connectivity index (χ1v) is 5.65. The van der Waals surface area contributed by atoms with Crippen LogP contribution in [0, 0.1) is 5.92 Å². The van der Waals surface area contributed by atoms with E-state index in [2.05, 4.69) is 11.9 Å². The van der Waals surface area contributed by atoms with Gasteiger partial charge in [-0.15, -0.1) is 0 Å². The zero-order chi connectivity index (χ0) is 9.26. The van der Waals surface area contributed by atoms with Gasteiger partial charge in [0.2, 0.25) is 0 Å². The number of hydrogen-bond acceptors (Lipinski definition) is 2. The molecule has 0 amide bonds. The summed E-state index contributed by atoms with van der Waals surface area (Å²) in [5.74, 6) is 0.555. The lowest BCUT2D eigenvalue weighted by Gasteiger charge is -2.31. The van der Waals surface area contributed by atoms with Crippen LogP contribution in [0.4, 0.5) is 0 Å². The summed E-state index contributed by atoms with van der Waals surface area (Å²) < 4.78 is 0. The lowest BCUT2D eigenvalue weighted by Crippen LogP contribution is -2.35. The van der Waals surface area contributed by atoms with Crippen molar-refractivity contribution in [3.8, 4) is 0 Å². The molecule has 0 bridgehead atoms. The van der Waals surface area contributed by atoms with Crippen LogP contribution in [0.2, 0.25) is 0 Å². The van der Waals surface area contributed by atoms with Gasteiger partial charge in [-0.25, -0.2) is 0 Å². The molecular formula is C11H21NO. The summed E-state index contributed by atoms with van der Waals surface area (Å²) in [6.07, 6.45) is 7.54. The molecule has 2 aliphatic carbocycles. The minimum Gasteiger partial charge on any atom is -0.393 e. The molecule has 2 atom stereocenters. The summed E-state index contributed by atoms with van der Waals surface area (Å²) in [6.45, 7) is 1.12. The standard InChI is InChI=1S/C11H21NO/c1-12(10-6-7-10)8-9-4-2-3-5-11(9)13/h9-11,13H,2-8H2,1H3. The Morgan fingerprint density at radius 3 is 2.46 bits per heavy atom. The molecule has 2 rings (SSSR count). The van der Waals surface area contributed by atoms with Gasteiger partial charge in [0.1, 0.15) is 0 Å². The molecule has 0 aromatic carbocycles. The van der Waals surface area contributed by atoms with E-state index in [-0.39, 0.29) is 6.10 Å². The monoisotopic (exact) mass is 183 g/mol. The Morgan fingerprint density at radius 1 is 1.15 bits per heavy atom. The largest absolute Gasteiger partial charge is 0.393 e. The second-order valence-corrected chi connectivity index (χ2v) is 4.78. The average molecular weight is 183 g/mol. The maximum Gasteiger partial charge on any atom is 0.0580 e. The topological polar surface area (TPSA) is 23.5 Å². The Hall–Kier alpha value is -0.0800. The summed E-state index contributed by atoms with van der Waals surface area (Å²) in [7, 11) is 2.21. The van der Waals surface area contributed by atoms with E-state index < -0.39 is 0 Å². The number of aliphatic hydroxyl groups excluding tert-OH is 1. The zero-order valence-corrected chi connectivity index (χ0v) is 8.58. The first-order chi connectivity index (χ1) is 6.27. The Bertz CT molecular complexity index is 167. The summed E-state index contributed by atoms with van der Waals surface area (Å²) in [5.41, 5.74) is 0. The molecule has 0 aromatic rings. The van der Waals surface area contributed by atoms with Gasteiger partial charge in [-0.1, -0.05) is 12.8 Å².